The van der Waals surface area contributed by atoms with E-state index in [0.29, 0.717) is 17.9 Å². The molecule has 1 aromatic carbocycles. The van der Waals surface area contributed by atoms with Gasteiger partial charge >= 0.3 is 5.97 Å². The van der Waals surface area contributed by atoms with Crippen LogP contribution in [-0.4, -0.2) is 22.5 Å². The summed E-state index contributed by atoms with van der Waals surface area (Å²) >= 11 is 0. The van der Waals surface area contributed by atoms with Gasteiger partial charge in [-0.15, -0.1) is 0 Å². The number of esters is 1. The van der Waals surface area contributed by atoms with Crippen LogP contribution in [0.1, 0.15) is 23.0 Å². The first-order chi connectivity index (χ1) is 9.72. The molecule has 0 saturated carbocycles. The van der Waals surface area contributed by atoms with Crippen molar-refractivity contribution < 1.29 is 14.3 Å². The lowest BCUT2D eigenvalue weighted by atomic mass is 10.2. The minimum atomic E-state index is -0.378. The van der Waals surface area contributed by atoms with E-state index >= 15 is 0 Å². The first-order valence-electron chi connectivity index (χ1n) is 5.90. The SMILES string of the molecule is CCOC(=O)c1ccc(Oc2cnc(C#N)cn2)cc1. The van der Waals surface area contributed by atoms with Crippen LogP contribution in [-0.2, 0) is 4.74 Å². The van der Waals surface area contributed by atoms with Crippen molar-refractivity contribution in [3.8, 4) is 17.7 Å². The molecule has 1 heterocycles. The maximum Gasteiger partial charge on any atom is 0.338 e. The van der Waals surface area contributed by atoms with Crippen LogP contribution in [0.25, 0.3) is 0 Å². The van der Waals surface area contributed by atoms with Crippen molar-refractivity contribution >= 4 is 5.97 Å². The number of hydrogen-bond donors (Lipinski definition) is 0. The van der Waals surface area contributed by atoms with E-state index in [1.165, 1.54) is 12.4 Å². The zero-order valence-electron chi connectivity index (χ0n) is 10.7. The number of carbonyl (C=O) groups excluding carboxylic acids is 1. The van der Waals surface area contributed by atoms with Gasteiger partial charge in [0.05, 0.1) is 24.6 Å². The highest BCUT2D eigenvalue weighted by Crippen LogP contribution is 2.19. The highest BCUT2D eigenvalue weighted by molar-refractivity contribution is 5.89. The van der Waals surface area contributed by atoms with E-state index < -0.39 is 0 Å². The van der Waals surface area contributed by atoms with Crippen molar-refractivity contribution in [2.75, 3.05) is 6.61 Å². The Balaban J connectivity index is 2.06. The summed E-state index contributed by atoms with van der Waals surface area (Å²) in [4.78, 5) is 19.2. The molecule has 0 saturated heterocycles. The minimum Gasteiger partial charge on any atom is -0.462 e. The molecule has 2 rings (SSSR count). The van der Waals surface area contributed by atoms with Gasteiger partial charge in [0.15, 0.2) is 5.69 Å². The van der Waals surface area contributed by atoms with Gasteiger partial charge in [0.1, 0.15) is 11.8 Å². The molecule has 6 heteroatoms. The topological polar surface area (TPSA) is 85.1 Å². The number of benzene rings is 1. The van der Waals surface area contributed by atoms with Gasteiger partial charge in [0, 0.05) is 0 Å². The summed E-state index contributed by atoms with van der Waals surface area (Å²) in [5, 5.41) is 8.61. The summed E-state index contributed by atoms with van der Waals surface area (Å²) in [6, 6.07) is 8.33. The molecule has 0 radical (unpaired) electrons. The molecule has 20 heavy (non-hydrogen) atoms. The number of carbonyl (C=O) groups is 1. The smallest absolute Gasteiger partial charge is 0.338 e. The van der Waals surface area contributed by atoms with Crippen molar-refractivity contribution in [1.82, 2.24) is 9.97 Å². The highest BCUT2D eigenvalue weighted by Gasteiger charge is 2.06. The first kappa shape index (κ1) is 13.5. The van der Waals surface area contributed by atoms with Gasteiger partial charge in [-0.1, -0.05) is 0 Å². The second kappa shape index (κ2) is 6.29. The van der Waals surface area contributed by atoms with E-state index in [1.54, 1.807) is 31.2 Å². The summed E-state index contributed by atoms with van der Waals surface area (Å²) in [5.41, 5.74) is 0.667. The molecule has 0 fully saturated rings. The van der Waals surface area contributed by atoms with Crippen molar-refractivity contribution in [3.63, 3.8) is 0 Å². The van der Waals surface area contributed by atoms with Crippen LogP contribution in [0.4, 0.5) is 0 Å². The Morgan fingerprint density at radius 3 is 2.55 bits per heavy atom. The third-order valence-corrected chi connectivity index (χ3v) is 2.33. The molecule has 0 aliphatic rings. The van der Waals surface area contributed by atoms with Gasteiger partial charge in [-0.05, 0) is 31.2 Å². The fraction of sp³-hybridized carbons (Fsp3) is 0.143. The van der Waals surface area contributed by atoms with Crippen molar-refractivity contribution in [2.24, 2.45) is 0 Å². The molecule has 6 nitrogen and oxygen atoms in total. The average molecular weight is 269 g/mol. The number of nitriles is 1. The molecule has 100 valence electrons. The van der Waals surface area contributed by atoms with E-state index in [4.69, 9.17) is 14.7 Å². The largest absolute Gasteiger partial charge is 0.462 e. The fourth-order valence-corrected chi connectivity index (χ4v) is 1.42. The highest BCUT2D eigenvalue weighted by atomic mass is 16.5. The van der Waals surface area contributed by atoms with Gasteiger partial charge < -0.3 is 9.47 Å². The Morgan fingerprint density at radius 1 is 1.25 bits per heavy atom. The van der Waals surface area contributed by atoms with Crippen LogP contribution in [0.2, 0.25) is 0 Å². The van der Waals surface area contributed by atoms with Gasteiger partial charge in [0.2, 0.25) is 5.88 Å². The van der Waals surface area contributed by atoms with Crippen LogP contribution < -0.4 is 4.74 Å². The Morgan fingerprint density at radius 2 is 2.00 bits per heavy atom. The molecule has 0 N–H and O–H groups in total. The maximum atomic E-state index is 11.5. The lowest BCUT2D eigenvalue weighted by Gasteiger charge is -2.05. The first-order valence-corrected chi connectivity index (χ1v) is 5.90. The van der Waals surface area contributed by atoms with Crippen LogP contribution in [0.5, 0.6) is 11.6 Å². The van der Waals surface area contributed by atoms with Gasteiger partial charge in [-0.3, -0.25) is 0 Å². The molecule has 0 bridgehead atoms. The Hall–Kier alpha value is -2.94. The number of nitrogens with zero attached hydrogens (tertiary/aromatic N) is 3. The fourth-order valence-electron chi connectivity index (χ4n) is 1.42. The predicted molar refractivity (Wildman–Crippen MR) is 69.2 cm³/mol. The standard InChI is InChI=1S/C14H11N3O3/c1-2-19-14(18)10-3-5-12(6-4-10)20-13-9-16-11(7-15)8-17-13/h3-6,8-9H,2H2,1H3. The summed E-state index contributed by atoms with van der Waals surface area (Å²) in [6.07, 6.45) is 2.68. The number of aromatic nitrogens is 2. The van der Waals surface area contributed by atoms with Crippen LogP contribution >= 0.6 is 0 Å². The number of ether oxygens (including phenoxy) is 2. The minimum absolute atomic E-state index is 0.218. The number of hydrogen-bond acceptors (Lipinski definition) is 6. The second-order valence-electron chi connectivity index (χ2n) is 3.70. The van der Waals surface area contributed by atoms with E-state index in [1.807, 2.05) is 6.07 Å². The second-order valence-corrected chi connectivity index (χ2v) is 3.70. The molecule has 2 aromatic rings. The number of rotatable bonds is 4. The van der Waals surface area contributed by atoms with E-state index in [-0.39, 0.29) is 17.5 Å². The zero-order chi connectivity index (χ0) is 14.4. The molecule has 0 aliphatic heterocycles. The van der Waals surface area contributed by atoms with Gasteiger partial charge in [0.25, 0.3) is 0 Å². The zero-order valence-corrected chi connectivity index (χ0v) is 10.7. The molecular weight excluding hydrogens is 258 g/mol. The van der Waals surface area contributed by atoms with Gasteiger partial charge in [-0.2, -0.15) is 5.26 Å². The van der Waals surface area contributed by atoms with Crippen LogP contribution in [0.3, 0.4) is 0 Å². The van der Waals surface area contributed by atoms with Crippen molar-refractivity contribution in [1.29, 1.82) is 5.26 Å². The van der Waals surface area contributed by atoms with Crippen LogP contribution in [0.15, 0.2) is 36.7 Å². The van der Waals surface area contributed by atoms with Gasteiger partial charge in [-0.25, -0.2) is 14.8 Å². The molecule has 0 atom stereocenters. The van der Waals surface area contributed by atoms with E-state index in [2.05, 4.69) is 9.97 Å². The monoisotopic (exact) mass is 269 g/mol. The molecule has 0 unspecified atom stereocenters. The third-order valence-electron chi connectivity index (χ3n) is 2.33. The summed E-state index contributed by atoms with van der Waals surface area (Å²) < 4.78 is 10.3. The predicted octanol–water partition coefficient (Wildman–Crippen LogP) is 2.32. The van der Waals surface area contributed by atoms with E-state index in [0.717, 1.165) is 0 Å². The van der Waals surface area contributed by atoms with Crippen molar-refractivity contribution in [2.45, 2.75) is 6.92 Å². The summed E-state index contributed by atoms with van der Waals surface area (Å²) in [6.45, 7) is 2.08. The Labute approximate surface area is 115 Å². The maximum absolute atomic E-state index is 11.5. The van der Waals surface area contributed by atoms with Crippen LogP contribution in [0, 0.1) is 11.3 Å². The molecule has 0 amide bonds. The summed E-state index contributed by atoms with van der Waals surface area (Å²) in [5.74, 6) is 0.405. The quantitative estimate of drug-likeness (QED) is 0.792. The lowest BCUT2D eigenvalue weighted by Crippen LogP contribution is -2.04. The molecule has 0 aliphatic carbocycles. The Bertz CT molecular complexity index is 630. The van der Waals surface area contributed by atoms with E-state index in [9.17, 15) is 4.79 Å². The molecule has 0 spiro atoms. The third kappa shape index (κ3) is 3.29. The molecular formula is C14H11N3O3. The van der Waals surface area contributed by atoms with Crippen molar-refractivity contribution in [3.05, 3.63) is 47.9 Å². The molecule has 1 aromatic heterocycles. The summed E-state index contributed by atoms with van der Waals surface area (Å²) in [7, 11) is 0. The average Bonchev–Trinajstić information content (AvgIpc) is 2.49. The lowest BCUT2D eigenvalue weighted by molar-refractivity contribution is 0.0526. The normalized spacial score (nSPS) is 9.60. The Kier molecular flexibility index (Phi) is 4.24.